The fraction of sp³-hybridized carbons (Fsp3) is 0.889. The Hall–Kier alpha value is -0.530. The maximum atomic E-state index is 4.39. The third-order valence-electron chi connectivity index (χ3n) is 2.20. The van der Waals surface area contributed by atoms with Gasteiger partial charge < -0.3 is 5.32 Å². The molecule has 0 bridgehead atoms. The molecule has 1 N–H and O–H groups in total. The first-order valence-electron chi connectivity index (χ1n) is 4.66. The summed E-state index contributed by atoms with van der Waals surface area (Å²) in [5.41, 5.74) is 0. The summed E-state index contributed by atoms with van der Waals surface area (Å²) in [4.78, 5) is 4.39. The van der Waals surface area contributed by atoms with Gasteiger partial charge in [-0.3, -0.25) is 4.99 Å². The van der Waals surface area contributed by atoms with Crippen LogP contribution >= 0.6 is 0 Å². The molecule has 0 aliphatic carbocycles. The molecule has 0 aromatic carbocycles. The molecule has 0 spiro atoms. The van der Waals surface area contributed by atoms with E-state index in [4.69, 9.17) is 0 Å². The first kappa shape index (κ1) is 8.57. The van der Waals surface area contributed by atoms with Crippen LogP contribution in [-0.2, 0) is 0 Å². The standard InChI is InChI=1S/C9H18N2/c1-3-5-8-9(6-4-2)11-7-10-8/h7-9H,3-6H2,1-2H3,(H,10,11)/t8-,9-/m0/s1. The van der Waals surface area contributed by atoms with Gasteiger partial charge in [0.1, 0.15) is 0 Å². The predicted octanol–water partition coefficient (Wildman–Crippen LogP) is 1.96. The van der Waals surface area contributed by atoms with Crippen molar-refractivity contribution in [1.82, 2.24) is 5.32 Å². The minimum Gasteiger partial charge on any atom is -0.372 e. The highest BCUT2D eigenvalue weighted by Crippen LogP contribution is 2.14. The molecule has 1 heterocycles. The summed E-state index contributed by atoms with van der Waals surface area (Å²) in [5, 5.41) is 3.30. The van der Waals surface area contributed by atoms with Crippen molar-refractivity contribution < 1.29 is 0 Å². The van der Waals surface area contributed by atoms with E-state index in [2.05, 4.69) is 24.2 Å². The average molecular weight is 154 g/mol. The van der Waals surface area contributed by atoms with Gasteiger partial charge in [-0.15, -0.1) is 0 Å². The van der Waals surface area contributed by atoms with E-state index in [0.717, 1.165) is 0 Å². The second-order valence-corrected chi connectivity index (χ2v) is 3.20. The number of nitrogens with zero attached hydrogens (tertiary/aromatic N) is 1. The summed E-state index contributed by atoms with van der Waals surface area (Å²) in [6.07, 6.45) is 6.85. The number of hydrogen-bond donors (Lipinski definition) is 1. The lowest BCUT2D eigenvalue weighted by molar-refractivity contribution is 0.462. The zero-order chi connectivity index (χ0) is 8.10. The molecule has 2 nitrogen and oxygen atoms in total. The predicted molar refractivity (Wildman–Crippen MR) is 49.0 cm³/mol. The molecule has 11 heavy (non-hydrogen) atoms. The average Bonchev–Trinajstić information content (AvgIpc) is 2.39. The Balaban J connectivity index is 2.30. The fourth-order valence-electron chi connectivity index (χ4n) is 1.61. The van der Waals surface area contributed by atoms with Crippen molar-refractivity contribution in [3.05, 3.63) is 0 Å². The molecule has 1 aliphatic rings. The van der Waals surface area contributed by atoms with Crippen molar-refractivity contribution in [2.75, 3.05) is 0 Å². The van der Waals surface area contributed by atoms with Gasteiger partial charge in [0.2, 0.25) is 0 Å². The van der Waals surface area contributed by atoms with E-state index in [1.807, 2.05) is 6.34 Å². The SMILES string of the molecule is CCC[C@@H]1N=CN[C@H]1CCC. The summed E-state index contributed by atoms with van der Waals surface area (Å²) < 4.78 is 0. The van der Waals surface area contributed by atoms with Gasteiger partial charge in [0.25, 0.3) is 0 Å². The highest BCUT2D eigenvalue weighted by Gasteiger charge is 2.21. The molecule has 0 unspecified atom stereocenters. The Morgan fingerprint density at radius 2 is 2.00 bits per heavy atom. The van der Waals surface area contributed by atoms with Gasteiger partial charge in [0, 0.05) is 6.04 Å². The van der Waals surface area contributed by atoms with Crippen molar-refractivity contribution in [2.24, 2.45) is 4.99 Å². The monoisotopic (exact) mass is 154 g/mol. The molecule has 0 aromatic rings. The highest BCUT2D eigenvalue weighted by molar-refractivity contribution is 5.58. The highest BCUT2D eigenvalue weighted by atomic mass is 15.1. The largest absolute Gasteiger partial charge is 0.372 e. The molecule has 0 radical (unpaired) electrons. The van der Waals surface area contributed by atoms with Gasteiger partial charge in [-0.1, -0.05) is 26.7 Å². The van der Waals surface area contributed by atoms with Crippen LogP contribution in [0.3, 0.4) is 0 Å². The van der Waals surface area contributed by atoms with E-state index < -0.39 is 0 Å². The Morgan fingerprint density at radius 1 is 1.27 bits per heavy atom. The van der Waals surface area contributed by atoms with Gasteiger partial charge in [0.15, 0.2) is 0 Å². The molecular weight excluding hydrogens is 136 g/mol. The first-order chi connectivity index (χ1) is 5.38. The van der Waals surface area contributed by atoms with E-state index in [9.17, 15) is 0 Å². The van der Waals surface area contributed by atoms with Crippen molar-refractivity contribution >= 4 is 6.34 Å². The maximum absolute atomic E-state index is 4.39. The maximum Gasteiger partial charge on any atom is 0.0831 e. The van der Waals surface area contributed by atoms with Crippen molar-refractivity contribution in [3.63, 3.8) is 0 Å². The Bertz CT molecular complexity index is 132. The molecule has 0 fully saturated rings. The lowest BCUT2D eigenvalue weighted by Gasteiger charge is -2.16. The van der Waals surface area contributed by atoms with Crippen LogP contribution in [0.25, 0.3) is 0 Å². The van der Waals surface area contributed by atoms with E-state index in [1.165, 1.54) is 25.7 Å². The molecule has 0 saturated heterocycles. The fourth-order valence-corrected chi connectivity index (χ4v) is 1.61. The van der Waals surface area contributed by atoms with Crippen LogP contribution in [0.2, 0.25) is 0 Å². The second kappa shape index (κ2) is 4.37. The topological polar surface area (TPSA) is 24.4 Å². The molecule has 0 aromatic heterocycles. The number of nitrogens with one attached hydrogen (secondary N) is 1. The van der Waals surface area contributed by atoms with E-state index in [0.29, 0.717) is 12.1 Å². The molecule has 64 valence electrons. The van der Waals surface area contributed by atoms with Crippen LogP contribution in [0.15, 0.2) is 4.99 Å². The summed E-state index contributed by atoms with van der Waals surface area (Å²) in [7, 11) is 0. The summed E-state index contributed by atoms with van der Waals surface area (Å²) in [6.45, 7) is 4.44. The van der Waals surface area contributed by atoms with Gasteiger partial charge >= 0.3 is 0 Å². The molecule has 2 heteroatoms. The van der Waals surface area contributed by atoms with Gasteiger partial charge in [-0.05, 0) is 12.8 Å². The lowest BCUT2D eigenvalue weighted by atomic mass is 10.0. The molecular formula is C9H18N2. The molecule has 0 amide bonds. The summed E-state index contributed by atoms with van der Waals surface area (Å²) >= 11 is 0. The number of aliphatic imine (C=N–C) groups is 1. The van der Waals surface area contributed by atoms with Crippen molar-refractivity contribution in [1.29, 1.82) is 0 Å². The Morgan fingerprint density at radius 3 is 2.64 bits per heavy atom. The van der Waals surface area contributed by atoms with Crippen molar-refractivity contribution in [2.45, 2.75) is 51.6 Å². The van der Waals surface area contributed by atoms with E-state index >= 15 is 0 Å². The quantitative estimate of drug-likeness (QED) is 0.657. The van der Waals surface area contributed by atoms with Crippen LogP contribution in [0.1, 0.15) is 39.5 Å². The van der Waals surface area contributed by atoms with Gasteiger partial charge in [-0.2, -0.15) is 0 Å². The zero-order valence-electron chi connectivity index (χ0n) is 7.51. The minimum absolute atomic E-state index is 0.556. The van der Waals surface area contributed by atoms with Crippen LogP contribution < -0.4 is 5.32 Å². The number of hydrogen-bond acceptors (Lipinski definition) is 2. The smallest absolute Gasteiger partial charge is 0.0831 e. The van der Waals surface area contributed by atoms with E-state index in [-0.39, 0.29) is 0 Å². The van der Waals surface area contributed by atoms with E-state index in [1.54, 1.807) is 0 Å². The normalized spacial score (nSPS) is 28.9. The molecule has 1 aliphatic heterocycles. The summed E-state index contributed by atoms with van der Waals surface area (Å²) in [6, 6.07) is 1.18. The third kappa shape index (κ3) is 2.21. The first-order valence-corrected chi connectivity index (χ1v) is 4.66. The molecule has 2 atom stereocenters. The van der Waals surface area contributed by atoms with Crippen molar-refractivity contribution in [3.8, 4) is 0 Å². The summed E-state index contributed by atoms with van der Waals surface area (Å²) in [5.74, 6) is 0. The third-order valence-corrected chi connectivity index (χ3v) is 2.20. The lowest BCUT2D eigenvalue weighted by Crippen LogP contribution is -2.31. The Labute approximate surface area is 69.1 Å². The second-order valence-electron chi connectivity index (χ2n) is 3.20. The molecule has 0 saturated carbocycles. The van der Waals surface area contributed by atoms with Crippen LogP contribution in [0.4, 0.5) is 0 Å². The molecule has 1 rings (SSSR count). The zero-order valence-corrected chi connectivity index (χ0v) is 7.51. The van der Waals surface area contributed by atoms with Gasteiger partial charge in [0.05, 0.1) is 12.4 Å². The van der Waals surface area contributed by atoms with Crippen LogP contribution in [0, 0.1) is 0 Å². The van der Waals surface area contributed by atoms with Crippen LogP contribution in [0.5, 0.6) is 0 Å². The van der Waals surface area contributed by atoms with Crippen LogP contribution in [-0.4, -0.2) is 18.4 Å². The van der Waals surface area contributed by atoms with Gasteiger partial charge in [-0.25, -0.2) is 0 Å². The Kier molecular flexibility index (Phi) is 3.40. The number of rotatable bonds is 4. The minimum atomic E-state index is 0.556.